The molecule has 0 amide bonds. The van der Waals surface area contributed by atoms with Gasteiger partial charge in [-0.1, -0.05) is 6.92 Å². The van der Waals surface area contributed by atoms with Crippen molar-refractivity contribution in [3.05, 3.63) is 0 Å². The number of nitrogens with one attached hydrogen (secondary N) is 1. The van der Waals surface area contributed by atoms with E-state index in [9.17, 15) is 0 Å². The average molecular weight is 233 g/mol. The summed E-state index contributed by atoms with van der Waals surface area (Å²) in [5.74, 6) is 1.92. The van der Waals surface area contributed by atoms with Crippen molar-refractivity contribution in [1.82, 2.24) is 5.32 Å². The molecule has 3 nitrogen and oxygen atoms in total. The van der Waals surface area contributed by atoms with E-state index in [1.807, 2.05) is 25.6 Å². The maximum atomic E-state index is 5.59. The van der Waals surface area contributed by atoms with Gasteiger partial charge in [-0.25, -0.2) is 0 Å². The Kier molecular flexibility index (Phi) is 5.39. The number of ether oxygens (including phenoxy) is 2. The van der Waals surface area contributed by atoms with Crippen LogP contribution < -0.4 is 5.32 Å². The monoisotopic (exact) mass is 233 g/mol. The summed E-state index contributed by atoms with van der Waals surface area (Å²) in [5.41, 5.74) is 0. The number of hydrogen-bond acceptors (Lipinski definition) is 4. The van der Waals surface area contributed by atoms with Crippen LogP contribution in [0.3, 0.4) is 0 Å². The van der Waals surface area contributed by atoms with Crippen LogP contribution in [-0.2, 0) is 9.47 Å². The van der Waals surface area contributed by atoms with Gasteiger partial charge < -0.3 is 14.8 Å². The van der Waals surface area contributed by atoms with E-state index in [1.54, 1.807) is 0 Å². The fourth-order valence-corrected chi connectivity index (χ4v) is 2.22. The Morgan fingerprint density at radius 2 is 2.00 bits per heavy atom. The van der Waals surface area contributed by atoms with E-state index in [0.29, 0.717) is 12.1 Å². The van der Waals surface area contributed by atoms with Gasteiger partial charge in [-0.15, -0.1) is 0 Å². The Morgan fingerprint density at radius 1 is 1.40 bits per heavy atom. The van der Waals surface area contributed by atoms with Crippen molar-refractivity contribution in [2.24, 2.45) is 0 Å². The molecule has 0 aromatic heterocycles. The highest BCUT2D eigenvalue weighted by atomic mass is 32.2. The lowest BCUT2D eigenvalue weighted by atomic mass is 10.2. The zero-order valence-electron chi connectivity index (χ0n) is 10.2. The number of rotatable bonds is 5. The molecule has 1 unspecified atom stereocenters. The van der Waals surface area contributed by atoms with E-state index in [1.165, 1.54) is 5.75 Å². The Balaban J connectivity index is 2.17. The fourth-order valence-electron chi connectivity index (χ4n) is 1.53. The van der Waals surface area contributed by atoms with Crippen molar-refractivity contribution in [1.29, 1.82) is 0 Å². The quantitative estimate of drug-likeness (QED) is 0.785. The molecule has 0 aromatic rings. The Bertz CT molecular complexity index is 177. The molecule has 1 saturated heterocycles. The molecule has 0 bridgehead atoms. The standard InChI is InChI=1S/C11H23NO2S/c1-5-15-8-9(2)12-10-6-13-11(3,4)14-7-10/h9-10,12H,5-8H2,1-4H3. The highest BCUT2D eigenvalue weighted by molar-refractivity contribution is 7.99. The first kappa shape index (κ1) is 13.3. The zero-order valence-corrected chi connectivity index (χ0v) is 11.0. The van der Waals surface area contributed by atoms with Gasteiger partial charge in [0.15, 0.2) is 5.79 Å². The van der Waals surface area contributed by atoms with Crippen molar-refractivity contribution in [3.8, 4) is 0 Å². The molecule has 4 heteroatoms. The normalized spacial score (nSPS) is 24.0. The second-order valence-corrected chi connectivity index (χ2v) is 5.76. The van der Waals surface area contributed by atoms with Crippen LogP contribution in [0.4, 0.5) is 0 Å². The maximum absolute atomic E-state index is 5.59. The van der Waals surface area contributed by atoms with Gasteiger partial charge in [-0.3, -0.25) is 0 Å². The molecule has 1 aliphatic heterocycles. The van der Waals surface area contributed by atoms with Crippen molar-refractivity contribution in [2.75, 3.05) is 24.7 Å². The van der Waals surface area contributed by atoms with E-state index in [0.717, 1.165) is 19.0 Å². The summed E-state index contributed by atoms with van der Waals surface area (Å²) < 4.78 is 11.2. The molecule has 0 aliphatic carbocycles. The molecule has 0 radical (unpaired) electrons. The summed E-state index contributed by atoms with van der Waals surface area (Å²) in [6, 6.07) is 0.860. The van der Waals surface area contributed by atoms with E-state index >= 15 is 0 Å². The summed E-state index contributed by atoms with van der Waals surface area (Å²) >= 11 is 1.96. The van der Waals surface area contributed by atoms with Crippen LogP contribution in [0.25, 0.3) is 0 Å². The molecule has 1 rings (SSSR count). The summed E-state index contributed by atoms with van der Waals surface area (Å²) in [4.78, 5) is 0. The number of thioether (sulfide) groups is 1. The first-order valence-corrected chi connectivity index (χ1v) is 6.80. The lowest BCUT2D eigenvalue weighted by Crippen LogP contribution is -2.51. The second-order valence-electron chi connectivity index (χ2n) is 4.45. The third-order valence-corrected chi connectivity index (χ3v) is 3.50. The van der Waals surface area contributed by atoms with Crippen LogP contribution in [0, 0.1) is 0 Å². The third-order valence-electron chi connectivity index (χ3n) is 2.36. The molecule has 0 aromatic carbocycles. The average Bonchev–Trinajstić information content (AvgIpc) is 2.18. The van der Waals surface area contributed by atoms with Crippen molar-refractivity contribution in [3.63, 3.8) is 0 Å². The SMILES string of the molecule is CCSCC(C)NC1COC(C)(C)OC1. The largest absolute Gasteiger partial charge is 0.349 e. The van der Waals surface area contributed by atoms with Crippen LogP contribution in [0.1, 0.15) is 27.7 Å². The molecule has 1 fully saturated rings. The minimum Gasteiger partial charge on any atom is -0.349 e. The van der Waals surface area contributed by atoms with E-state index in [2.05, 4.69) is 19.2 Å². The lowest BCUT2D eigenvalue weighted by molar-refractivity contribution is -0.253. The fraction of sp³-hybridized carbons (Fsp3) is 1.00. The highest BCUT2D eigenvalue weighted by Gasteiger charge is 2.28. The minimum atomic E-state index is -0.403. The predicted octanol–water partition coefficient (Wildman–Crippen LogP) is 1.87. The second kappa shape index (κ2) is 6.09. The van der Waals surface area contributed by atoms with Gasteiger partial charge in [-0.05, 0) is 26.5 Å². The molecule has 1 N–H and O–H groups in total. The summed E-state index contributed by atoms with van der Waals surface area (Å²) in [7, 11) is 0. The van der Waals surface area contributed by atoms with Crippen molar-refractivity contribution < 1.29 is 9.47 Å². The third kappa shape index (κ3) is 5.20. The van der Waals surface area contributed by atoms with E-state index < -0.39 is 5.79 Å². The molecular weight excluding hydrogens is 210 g/mol. The summed E-state index contributed by atoms with van der Waals surface area (Å²) in [5, 5.41) is 3.52. The zero-order chi connectivity index (χ0) is 11.3. The van der Waals surface area contributed by atoms with Gasteiger partial charge in [0.25, 0.3) is 0 Å². The van der Waals surface area contributed by atoms with Gasteiger partial charge in [0, 0.05) is 11.8 Å². The van der Waals surface area contributed by atoms with Gasteiger partial charge in [0.05, 0.1) is 19.3 Å². The van der Waals surface area contributed by atoms with Crippen LogP contribution in [0.15, 0.2) is 0 Å². The van der Waals surface area contributed by atoms with E-state index in [-0.39, 0.29) is 0 Å². The van der Waals surface area contributed by atoms with Crippen molar-refractivity contribution in [2.45, 2.75) is 45.6 Å². The van der Waals surface area contributed by atoms with Crippen LogP contribution >= 0.6 is 11.8 Å². The Labute approximate surface area is 97.3 Å². The Hall–Kier alpha value is 0.230. The van der Waals surface area contributed by atoms with Crippen LogP contribution in [-0.4, -0.2) is 42.6 Å². The minimum absolute atomic E-state index is 0.338. The van der Waals surface area contributed by atoms with Crippen LogP contribution in [0.2, 0.25) is 0 Å². The molecule has 1 aliphatic rings. The molecule has 1 heterocycles. The first-order chi connectivity index (χ1) is 7.03. The first-order valence-electron chi connectivity index (χ1n) is 5.65. The summed E-state index contributed by atoms with van der Waals surface area (Å²) in [6.45, 7) is 9.80. The van der Waals surface area contributed by atoms with Gasteiger partial charge in [-0.2, -0.15) is 11.8 Å². The molecule has 1 atom stereocenters. The summed E-state index contributed by atoms with van der Waals surface area (Å²) in [6.07, 6.45) is 0. The maximum Gasteiger partial charge on any atom is 0.162 e. The molecule has 90 valence electrons. The van der Waals surface area contributed by atoms with Crippen LogP contribution in [0.5, 0.6) is 0 Å². The molecule has 15 heavy (non-hydrogen) atoms. The Morgan fingerprint density at radius 3 is 2.53 bits per heavy atom. The molecule has 0 spiro atoms. The predicted molar refractivity (Wildman–Crippen MR) is 65.4 cm³/mol. The highest BCUT2D eigenvalue weighted by Crippen LogP contribution is 2.17. The topological polar surface area (TPSA) is 30.5 Å². The molecule has 0 saturated carbocycles. The smallest absolute Gasteiger partial charge is 0.162 e. The van der Waals surface area contributed by atoms with Gasteiger partial charge in [0.1, 0.15) is 0 Å². The molecular formula is C11H23NO2S. The van der Waals surface area contributed by atoms with Crippen molar-refractivity contribution >= 4 is 11.8 Å². The van der Waals surface area contributed by atoms with Gasteiger partial charge >= 0.3 is 0 Å². The lowest BCUT2D eigenvalue weighted by Gasteiger charge is -2.36. The number of hydrogen-bond donors (Lipinski definition) is 1. The van der Waals surface area contributed by atoms with Gasteiger partial charge in [0.2, 0.25) is 0 Å². The van der Waals surface area contributed by atoms with E-state index in [4.69, 9.17) is 9.47 Å².